The molecular weight excluding hydrogens is 262 g/mol. The lowest BCUT2D eigenvalue weighted by Crippen LogP contribution is -2.44. The lowest BCUT2D eigenvalue weighted by atomic mass is 9.91. The first-order chi connectivity index (χ1) is 9.56. The van der Waals surface area contributed by atoms with Gasteiger partial charge < -0.3 is 15.3 Å². The number of nitrogens with zero attached hydrogens (tertiary/aromatic N) is 4. The number of anilines is 2. The molecular formula is C12H19N5O3. The van der Waals surface area contributed by atoms with Crippen molar-refractivity contribution in [3.8, 4) is 0 Å². The molecule has 1 aliphatic carbocycles. The summed E-state index contributed by atoms with van der Waals surface area (Å²) in [5.74, 6) is 0.414. The van der Waals surface area contributed by atoms with Gasteiger partial charge in [-0.2, -0.15) is 0 Å². The van der Waals surface area contributed by atoms with Gasteiger partial charge in [0, 0.05) is 14.1 Å². The van der Waals surface area contributed by atoms with Gasteiger partial charge >= 0.3 is 5.69 Å². The second kappa shape index (κ2) is 6.00. The molecule has 8 nitrogen and oxygen atoms in total. The van der Waals surface area contributed by atoms with E-state index in [1.165, 1.54) is 6.33 Å². The highest BCUT2D eigenvalue weighted by atomic mass is 16.6. The van der Waals surface area contributed by atoms with Crippen molar-refractivity contribution in [2.24, 2.45) is 0 Å². The van der Waals surface area contributed by atoms with E-state index in [0.29, 0.717) is 6.42 Å². The van der Waals surface area contributed by atoms with Crippen molar-refractivity contribution in [1.82, 2.24) is 9.97 Å². The smallest absolute Gasteiger partial charge is 0.353 e. The van der Waals surface area contributed by atoms with Crippen molar-refractivity contribution in [1.29, 1.82) is 0 Å². The van der Waals surface area contributed by atoms with Crippen LogP contribution in [0, 0.1) is 10.1 Å². The molecule has 1 aliphatic rings. The van der Waals surface area contributed by atoms with Crippen LogP contribution in [-0.2, 0) is 0 Å². The largest absolute Gasteiger partial charge is 0.391 e. The van der Waals surface area contributed by atoms with Gasteiger partial charge in [0.05, 0.1) is 17.1 Å². The third-order valence-electron chi connectivity index (χ3n) is 3.75. The van der Waals surface area contributed by atoms with Crippen LogP contribution in [0.25, 0.3) is 0 Å². The molecule has 1 fully saturated rings. The first-order valence-electron chi connectivity index (χ1n) is 6.64. The monoisotopic (exact) mass is 281 g/mol. The van der Waals surface area contributed by atoms with Crippen molar-refractivity contribution in [2.75, 3.05) is 24.3 Å². The summed E-state index contributed by atoms with van der Waals surface area (Å²) >= 11 is 0. The Morgan fingerprint density at radius 2 is 2.15 bits per heavy atom. The van der Waals surface area contributed by atoms with E-state index >= 15 is 0 Å². The Morgan fingerprint density at radius 3 is 2.75 bits per heavy atom. The van der Waals surface area contributed by atoms with Gasteiger partial charge in [0.2, 0.25) is 11.6 Å². The Kier molecular flexibility index (Phi) is 4.33. The SMILES string of the molecule is CNc1ncnc(N(C)C2CCCCC2O)c1[N+](=O)[O-]. The van der Waals surface area contributed by atoms with Gasteiger partial charge in [-0.25, -0.2) is 9.97 Å². The van der Waals surface area contributed by atoms with E-state index in [9.17, 15) is 15.2 Å². The molecule has 8 heteroatoms. The molecule has 1 saturated carbocycles. The summed E-state index contributed by atoms with van der Waals surface area (Å²) in [5.41, 5.74) is -0.157. The fourth-order valence-electron chi connectivity index (χ4n) is 2.68. The molecule has 1 aromatic rings. The van der Waals surface area contributed by atoms with E-state index in [0.717, 1.165) is 19.3 Å². The van der Waals surface area contributed by atoms with E-state index in [1.807, 2.05) is 0 Å². The molecule has 0 saturated heterocycles. The number of aliphatic hydroxyl groups excluding tert-OH is 1. The molecule has 20 heavy (non-hydrogen) atoms. The first-order valence-corrected chi connectivity index (χ1v) is 6.64. The number of rotatable bonds is 4. The van der Waals surface area contributed by atoms with Gasteiger partial charge in [0.15, 0.2) is 0 Å². The molecule has 0 aliphatic heterocycles. The maximum absolute atomic E-state index is 11.3. The molecule has 2 atom stereocenters. The van der Waals surface area contributed by atoms with Crippen LogP contribution in [0.2, 0.25) is 0 Å². The fourth-order valence-corrected chi connectivity index (χ4v) is 2.68. The zero-order valence-electron chi connectivity index (χ0n) is 11.6. The molecule has 2 rings (SSSR count). The van der Waals surface area contributed by atoms with Crippen molar-refractivity contribution >= 4 is 17.3 Å². The second-order valence-electron chi connectivity index (χ2n) is 4.93. The molecule has 110 valence electrons. The van der Waals surface area contributed by atoms with Gasteiger partial charge in [0.25, 0.3) is 0 Å². The van der Waals surface area contributed by atoms with Crippen LogP contribution in [0.15, 0.2) is 6.33 Å². The van der Waals surface area contributed by atoms with Crippen molar-refractivity contribution in [2.45, 2.75) is 37.8 Å². The number of hydrogen-bond donors (Lipinski definition) is 2. The van der Waals surface area contributed by atoms with Gasteiger partial charge in [-0.15, -0.1) is 0 Å². The van der Waals surface area contributed by atoms with Crippen LogP contribution in [0.4, 0.5) is 17.3 Å². The molecule has 0 radical (unpaired) electrons. The van der Waals surface area contributed by atoms with E-state index in [1.54, 1.807) is 19.0 Å². The zero-order valence-corrected chi connectivity index (χ0v) is 11.6. The summed E-state index contributed by atoms with van der Waals surface area (Å²) in [7, 11) is 3.31. The minimum atomic E-state index is -0.493. The van der Waals surface area contributed by atoms with Crippen LogP contribution in [-0.4, -0.2) is 46.2 Å². The van der Waals surface area contributed by atoms with Crippen molar-refractivity contribution in [3.63, 3.8) is 0 Å². The molecule has 0 bridgehead atoms. The quantitative estimate of drug-likeness (QED) is 0.630. The zero-order chi connectivity index (χ0) is 14.7. The minimum Gasteiger partial charge on any atom is -0.391 e. The predicted octanol–water partition coefficient (Wildman–Crippen LogP) is 1.17. The Labute approximate surface area is 117 Å². The maximum Gasteiger partial charge on any atom is 0.353 e. The second-order valence-corrected chi connectivity index (χ2v) is 4.93. The number of aliphatic hydroxyl groups is 1. The summed E-state index contributed by atoms with van der Waals surface area (Å²) in [6, 6.07) is -0.151. The van der Waals surface area contributed by atoms with Gasteiger partial charge in [-0.1, -0.05) is 12.8 Å². The molecule has 1 aromatic heterocycles. The van der Waals surface area contributed by atoms with E-state index in [4.69, 9.17) is 0 Å². The number of aromatic nitrogens is 2. The van der Waals surface area contributed by atoms with E-state index < -0.39 is 11.0 Å². The van der Waals surface area contributed by atoms with Gasteiger partial charge in [-0.3, -0.25) is 10.1 Å². The maximum atomic E-state index is 11.3. The van der Waals surface area contributed by atoms with Crippen LogP contribution < -0.4 is 10.2 Å². The highest BCUT2D eigenvalue weighted by Crippen LogP contribution is 2.34. The third-order valence-corrected chi connectivity index (χ3v) is 3.75. The van der Waals surface area contributed by atoms with Crippen LogP contribution in [0.3, 0.4) is 0 Å². The van der Waals surface area contributed by atoms with Crippen LogP contribution >= 0.6 is 0 Å². The van der Waals surface area contributed by atoms with Crippen molar-refractivity contribution < 1.29 is 10.0 Å². The van der Waals surface area contributed by atoms with E-state index in [2.05, 4.69) is 15.3 Å². The summed E-state index contributed by atoms with van der Waals surface area (Å²) in [4.78, 5) is 20.4. The number of hydrogen-bond acceptors (Lipinski definition) is 7. The number of nitrogens with one attached hydrogen (secondary N) is 1. The summed E-state index contributed by atoms with van der Waals surface area (Å²) in [6.07, 6.45) is 4.31. The van der Waals surface area contributed by atoms with Gasteiger partial charge in [-0.05, 0) is 12.8 Å². The summed E-state index contributed by atoms with van der Waals surface area (Å²) in [6.45, 7) is 0. The van der Waals surface area contributed by atoms with Crippen molar-refractivity contribution in [3.05, 3.63) is 16.4 Å². The normalized spacial score (nSPS) is 22.4. The molecule has 0 amide bonds. The average molecular weight is 281 g/mol. The number of likely N-dealkylation sites (N-methyl/N-ethyl adjacent to an activating group) is 1. The van der Waals surface area contributed by atoms with Gasteiger partial charge in [0.1, 0.15) is 6.33 Å². The first kappa shape index (κ1) is 14.4. The fraction of sp³-hybridized carbons (Fsp3) is 0.667. The summed E-state index contributed by atoms with van der Waals surface area (Å²) < 4.78 is 0. The molecule has 2 unspecified atom stereocenters. The predicted molar refractivity (Wildman–Crippen MR) is 74.9 cm³/mol. The van der Waals surface area contributed by atoms with E-state index in [-0.39, 0.29) is 23.4 Å². The topological polar surface area (TPSA) is 104 Å². The lowest BCUT2D eigenvalue weighted by molar-refractivity contribution is -0.383. The Morgan fingerprint density at radius 1 is 1.45 bits per heavy atom. The molecule has 2 N–H and O–H groups in total. The average Bonchev–Trinajstić information content (AvgIpc) is 2.46. The number of nitro groups is 1. The highest BCUT2D eigenvalue weighted by molar-refractivity contribution is 5.70. The summed E-state index contributed by atoms with van der Waals surface area (Å²) in [5, 5.41) is 24.1. The Bertz CT molecular complexity index is 496. The van der Waals surface area contributed by atoms with Crippen LogP contribution in [0.5, 0.6) is 0 Å². The molecule has 1 heterocycles. The Hall–Kier alpha value is -1.96. The third kappa shape index (κ3) is 2.64. The standard InChI is InChI=1S/C12H19N5O3/c1-13-11-10(17(19)20)12(15-7-14-11)16(2)8-5-3-4-6-9(8)18/h7-9,18H,3-6H2,1-2H3,(H,13,14,15). The Balaban J connectivity index is 2.38. The molecule has 0 spiro atoms. The highest BCUT2D eigenvalue weighted by Gasteiger charge is 2.32. The minimum absolute atomic E-state index is 0.151. The molecule has 0 aromatic carbocycles. The van der Waals surface area contributed by atoms with Crippen LogP contribution in [0.1, 0.15) is 25.7 Å². The lowest BCUT2D eigenvalue weighted by Gasteiger charge is -2.35.